The Kier molecular flexibility index (Phi) is 3.84. The summed E-state index contributed by atoms with van der Waals surface area (Å²) < 4.78 is 1.11. The van der Waals surface area contributed by atoms with Crippen molar-refractivity contribution < 1.29 is 0 Å². The second-order valence-corrected chi connectivity index (χ2v) is 10.0. The highest BCUT2D eigenvalue weighted by molar-refractivity contribution is 9.10. The van der Waals surface area contributed by atoms with Crippen LogP contribution in [0.25, 0.3) is 44.2 Å². The molecule has 0 atom stereocenters. The molecule has 5 aromatic rings. The molecule has 0 bridgehead atoms. The second-order valence-electron chi connectivity index (χ2n) is 9.10. The van der Waals surface area contributed by atoms with Gasteiger partial charge in [0.1, 0.15) is 0 Å². The SMILES string of the molecule is Brc1ccc(-c2ccc(-c3ccc4c5c(cccc35)-c3ccccc3C43CC3)cc2)cc1. The van der Waals surface area contributed by atoms with E-state index in [9.17, 15) is 0 Å². The highest BCUT2D eigenvalue weighted by Gasteiger charge is 2.50. The number of hydrogen-bond donors (Lipinski definition) is 0. The van der Waals surface area contributed by atoms with Gasteiger partial charge in [-0.15, -0.1) is 0 Å². The zero-order chi connectivity index (χ0) is 21.3. The highest BCUT2D eigenvalue weighted by atomic mass is 79.9. The first-order valence-corrected chi connectivity index (χ1v) is 12.1. The van der Waals surface area contributed by atoms with Crippen LogP contribution in [0.4, 0.5) is 0 Å². The van der Waals surface area contributed by atoms with Gasteiger partial charge in [-0.25, -0.2) is 0 Å². The Balaban J connectivity index is 1.41. The largest absolute Gasteiger partial charge is 0.0619 e. The first kappa shape index (κ1) is 18.4. The van der Waals surface area contributed by atoms with Crippen LogP contribution in [0.3, 0.4) is 0 Å². The first-order valence-electron chi connectivity index (χ1n) is 11.3. The molecule has 0 unspecified atom stereocenters. The van der Waals surface area contributed by atoms with Crippen LogP contribution < -0.4 is 0 Å². The molecule has 1 saturated carbocycles. The maximum atomic E-state index is 3.53. The lowest BCUT2D eigenvalue weighted by Crippen LogP contribution is -2.15. The molecule has 7 rings (SSSR count). The number of benzene rings is 5. The lowest BCUT2D eigenvalue weighted by atomic mass is 9.73. The van der Waals surface area contributed by atoms with Crippen LogP contribution in [0.5, 0.6) is 0 Å². The zero-order valence-electron chi connectivity index (χ0n) is 17.6. The fraction of sp³-hybridized carbons (Fsp3) is 0.0968. The zero-order valence-corrected chi connectivity index (χ0v) is 19.2. The molecule has 0 amide bonds. The van der Waals surface area contributed by atoms with Crippen molar-refractivity contribution in [2.45, 2.75) is 18.3 Å². The molecule has 0 saturated heterocycles. The Hall–Kier alpha value is -3.16. The van der Waals surface area contributed by atoms with Gasteiger partial charge in [0, 0.05) is 9.89 Å². The lowest BCUT2D eigenvalue weighted by molar-refractivity contribution is 0.853. The monoisotopic (exact) mass is 472 g/mol. The minimum Gasteiger partial charge on any atom is -0.0619 e. The van der Waals surface area contributed by atoms with Crippen molar-refractivity contribution in [2.75, 3.05) is 0 Å². The molecule has 1 spiro atoms. The van der Waals surface area contributed by atoms with Gasteiger partial charge in [-0.05, 0) is 80.3 Å². The van der Waals surface area contributed by atoms with Gasteiger partial charge >= 0.3 is 0 Å². The summed E-state index contributed by atoms with van der Waals surface area (Å²) in [5.41, 5.74) is 11.2. The molecule has 152 valence electrons. The van der Waals surface area contributed by atoms with E-state index >= 15 is 0 Å². The fourth-order valence-corrected chi connectivity index (χ4v) is 5.97. The van der Waals surface area contributed by atoms with Crippen LogP contribution in [0.2, 0.25) is 0 Å². The molecule has 32 heavy (non-hydrogen) atoms. The van der Waals surface area contributed by atoms with Crippen LogP contribution in [0, 0.1) is 0 Å². The van der Waals surface area contributed by atoms with E-state index in [1.165, 1.54) is 68.1 Å². The summed E-state index contributed by atoms with van der Waals surface area (Å²) in [7, 11) is 0. The topological polar surface area (TPSA) is 0 Å². The van der Waals surface area contributed by atoms with Gasteiger partial charge < -0.3 is 0 Å². The smallest absolute Gasteiger partial charge is 0.0216 e. The average molecular weight is 473 g/mol. The van der Waals surface area contributed by atoms with E-state index in [1.807, 2.05) is 0 Å². The van der Waals surface area contributed by atoms with Crippen LogP contribution in [-0.4, -0.2) is 0 Å². The minimum absolute atomic E-state index is 0.229. The molecule has 2 aliphatic rings. The van der Waals surface area contributed by atoms with Crippen molar-refractivity contribution in [2.24, 2.45) is 0 Å². The molecule has 0 aliphatic heterocycles. The average Bonchev–Trinajstić information content (AvgIpc) is 3.65. The van der Waals surface area contributed by atoms with Crippen LogP contribution in [0.1, 0.15) is 24.0 Å². The predicted octanol–water partition coefficient (Wildman–Crippen LogP) is 9.00. The number of fused-ring (bicyclic) bond motifs is 4. The van der Waals surface area contributed by atoms with Gasteiger partial charge in [-0.2, -0.15) is 0 Å². The quantitative estimate of drug-likeness (QED) is 0.240. The highest BCUT2D eigenvalue weighted by Crippen LogP contribution is 2.61. The maximum absolute atomic E-state index is 3.53. The molecule has 0 heterocycles. The van der Waals surface area contributed by atoms with Crippen molar-refractivity contribution in [1.29, 1.82) is 0 Å². The first-order chi connectivity index (χ1) is 15.7. The Morgan fingerprint density at radius 1 is 0.500 bits per heavy atom. The molecule has 0 N–H and O–H groups in total. The van der Waals surface area contributed by atoms with Crippen LogP contribution in [-0.2, 0) is 5.41 Å². The maximum Gasteiger partial charge on any atom is 0.0216 e. The Morgan fingerprint density at radius 2 is 1.16 bits per heavy atom. The van der Waals surface area contributed by atoms with Crippen molar-refractivity contribution in [3.05, 3.63) is 119 Å². The van der Waals surface area contributed by atoms with E-state index in [0.717, 1.165) is 4.47 Å². The van der Waals surface area contributed by atoms with E-state index in [4.69, 9.17) is 0 Å². The third-order valence-electron chi connectivity index (χ3n) is 7.41. The number of hydrogen-bond acceptors (Lipinski definition) is 0. The second kappa shape index (κ2) is 6.67. The summed E-state index contributed by atoms with van der Waals surface area (Å²) in [4.78, 5) is 0. The molecule has 0 nitrogen and oxygen atoms in total. The van der Waals surface area contributed by atoms with Gasteiger partial charge in [-0.3, -0.25) is 0 Å². The van der Waals surface area contributed by atoms with Crippen LogP contribution in [0.15, 0.2) is 108 Å². The summed E-state index contributed by atoms with van der Waals surface area (Å²) in [6.45, 7) is 0. The molecular weight excluding hydrogens is 452 g/mol. The van der Waals surface area contributed by atoms with Crippen LogP contribution >= 0.6 is 15.9 Å². The molecule has 2 aliphatic carbocycles. The Bertz CT molecular complexity index is 1500. The Labute approximate surface area is 196 Å². The standard InChI is InChI=1S/C31H21Br/c32-23-14-12-21(13-15-23)20-8-10-22(11-9-20)24-16-17-29-30-26(24)5-3-6-27(30)25-4-1-2-7-28(25)31(29)18-19-31/h1-17H,18-19H2. The molecule has 5 aromatic carbocycles. The van der Waals surface area contributed by atoms with Gasteiger partial charge in [0.25, 0.3) is 0 Å². The summed E-state index contributed by atoms with van der Waals surface area (Å²) >= 11 is 3.53. The molecular formula is C31H21Br. The lowest BCUT2D eigenvalue weighted by Gasteiger charge is -2.29. The molecule has 1 heteroatoms. The van der Waals surface area contributed by atoms with E-state index in [-0.39, 0.29) is 5.41 Å². The Morgan fingerprint density at radius 3 is 1.91 bits per heavy atom. The van der Waals surface area contributed by atoms with Gasteiger partial charge in [-0.1, -0.05) is 107 Å². The third kappa shape index (κ3) is 2.55. The summed E-state index contributed by atoms with van der Waals surface area (Å²) in [5.74, 6) is 0. The fourth-order valence-electron chi connectivity index (χ4n) is 5.71. The minimum atomic E-state index is 0.229. The van der Waals surface area contributed by atoms with E-state index in [1.54, 1.807) is 0 Å². The predicted molar refractivity (Wildman–Crippen MR) is 138 cm³/mol. The summed E-state index contributed by atoms with van der Waals surface area (Å²) in [5, 5.41) is 2.83. The van der Waals surface area contributed by atoms with Crippen molar-refractivity contribution >= 4 is 26.7 Å². The molecule has 1 fully saturated rings. The van der Waals surface area contributed by atoms with Crippen molar-refractivity contribution in [1.82, 2.24) is 0 Å². The summed E-state index contributed by atoms with van der Waals surface area (Å²) in [6, 6.07) is 38.2. The molecule has 0 radical (unpaired) electrons. The summed E-state index contributed by atoms with van der Waals surface area (Å²) in [6.07, 6.45) is 2.52. The normalized spacial score (nSPS) is 15.0. The van der Waals surface area contributed by atoms with E-state index in [2.05, 4.69) is 119 Å². The van der Waals surface area contributed by atoms with Crippen molar-refractivity contribution in [3.63, 3.8) is 0 Å². The van der Waals surface area contributed by atoms with Gasteiger partial charge in [0.2, 0.25) is 0 Å². The van der Waals surface area contributed by atoms with Gasteiger partial charge in [0.15, 0.2) is 0 Å². The van der Waals surface area contributed by atoms with Gasteiger partial charge in [0.05, 0.1) is 0 Å². The number of halogens is 1. The third-order valence-corrected chi connectivity index (χ3v) is 7.94. The number of rotatable bonds is 2. The van der Waals surface area contributed by atoms with E-state index < -0.39 is 0 Å². The van der Waals surface area contributed by atoms with Crippen molar-refractivity contribution in [3.8, 4) is 33.4 Å². The van der Waals surface area contributed by atoms with E-state index in [0.29, 0.717) is 0 Å². The molecule has 0 aromatic heterocycles.